The highest BCUT2D eigenvalue weighted by molar-refractivity contribution is 5.88. The Morgan fingerprint density at radius 2 is 2.41 bits per heavy atom. The summed E-state index contributed by atoms with van der Waals surface area (Å²) < 4.78 is 6.49. The molecule has 1 rings (SSSR count). The molecule has 0 aliphatic heterocycles. The van der Waals surface area contributed by atoms with Crippen LogP contribution in [-0.4, -0.2) is 29.4 Å². The third-order valence-electron chi connectivity index (χ3n) is 2.55. The van der Waals surface area contributed by atoms with Gasteiger partial charge in [-0.05, 0) is 12.5 Å². The van der Waals surface area contributed by atoms with E-state index in [1.54, 1.807) is 6.20 Å². The minimum atomic E-state index is -0.255. The monoisotopic (exact) mass is 237 g/mol. The third-order valence-corrected chi connectivity index (χ3v) is 2.55. The van der Waals surface area contributed by atoms with Gasteiger partial charge in [0.25, 0.3) is 0 Å². The van der Waals surface area contributed by atoms with Crippen molar-refractivity contribution in [2.24, 2.45) is 7.05 Å². The number of ether oxygens (including phenoxy) is 1. The van der Waals surface area contributed by atoms with Gasteiger partial charge in [0.2, 0.25) is 0 Å². The highest BCUT2D eigenvalue weighted by Crippen LogP contribution is 2.02. The summed E-state index contributed by atoms with van der Waals surface area (Å²) in [5.74, 6) is -0.255. The van der Waals surface area contributed by atoms with Gasteiger partial charge in [0.1, 0.15) is 0 Å². The van der Waals surface area contributed by atoms with Gasteiger partial charge in [0, 0.05) is 31.9 Å². The van der Waals surface area contributed by atoms with Crippen LogP contribution in [0.15, 0.2) is 23.9 Å². The van der Waals surface area contributed by atoms with E-state index in [0.717, 1.165) is 12.2 Å². The highest BCUT2D eigenvalue weighted by Gasteiger charge is 2.05. The van der Waals surface area contributed by atoms with E-state index >= 15 is 0 Å². The summed E-state index contributed by atoms with van der Waals surface area (Å²) >= 11 is 0. The minimum absolute atomic E-state index is 0.255. The average molecular weight is 237 g/mol. The quantitative estimate of drug-likeness (QED) is 0.456. The zero-order chi connectivity index (χ0) is 12.7. The van der Waals surface area contributed by atoms with Crippen molar-refractivity contribution < 1.29 is 9.53 Å². The standard InChI is InChI=1S/C12H19N3O2/c1-4-10(12(16)17-3)5-7-13-9-11-6-8-14-15(11)2/h5-6,8,13H,4,7,9H2,1-3H3. The van der Waals surface area contributed by atoms with Gasteiger partial charge in [0.05, 0.1) is 12.8 Å². The molecule has 5 heteroatoms. The molecule has 1 aromatic rings. The first-order chi connectivity index (χ1) is 8.19. The first-order valence-corrected chi connectivity index (χ1v) is 5.64. The fourth-order valence-electron chi connectivity index (χ4n) is 1.47. The van der Waals surface area contributed by atoms with Gasteiger partial charge in [-0.3, -0.25) is 4.68 Å². The third kappa shape index (κ3) is 4.03. The molecular formula is C12H19N3O2. The van der Waals surface area contributed by atoms with Crippen LogP contribution in [0.3, 0.4) is 0 Å². The molecule has 0 spiro atoms. The van der Waals surface area contributed by atoms with Crippen LogP contribution in [-0.2, 0) is 23.1 Å². The van der Waals surface area contributed by atoms with Gasteiger partial charge in [-0.2, -0.15) is 5.10 Å². The maximum absolute atomic E-state index is 11.3. The highest BCUT2D eigenvalue weighted by atomic mass is 16.5. The topological polar surface area (TPSA) is 56.2 Å². The van der Waals surface area contributed by atoms with Crippen molar-refractivity contribution in [3.8, 4) is 0 Å². The van der Waals surface area contributed by atoms with E-state index in [9.17, 15) is 4.79 Å². The molecule has 0 aliphatic carbocycles. The van der Waals surface area contributed by atoms with Crippen molar-refractivity contribution in [3.63, 3.8) is 0 Å². The predicted molar refractivity (Wildman–Crippen MR) is 65.3 cm³/mol. The maximum Gasteiger partial charge on any atom is 0.333 e. The Morgan fingerprint density at radius 1 is 1.65 bits per heavy atom. The fraction of sp³-hybridized carbons (Fsp3) is 0.500. The summed E-state index contributed by atoms with van der Waals surface area (Å²) in [4.78, 5) is 11.3. The SMILES string of the molecule is CCC(=CCNCc1ccnn1C)C(=O)OC. The number of rotatable bonds is 6. The lowest BCUT2D eigenvalue weighted by Crippen LogP contribution is -2.17. The molecular weight excluding hydrogens is 218 g/mol. The maximum atomic E-state index is 11.3. The van der Waals surface area contributed by atoms with E-state index in [2.05, 4.69) is 15.2 Å². The Balaban J connectivity index is 2.38. The van der Waals surface area contributed by atoms with E-state index in [1.165, 1.54) is 7.11 Å². The number of aromatic nitrogens is 2. The second kappa shape index (κ2) is 6.85. The van der Waals surface area contributed by atoms with E-state index in [1.807, 2.05) is 30.8 Å². The number of nitrogens with zero attached hydrogens (tertiary/aromatic N) is 2. The molecule has 0 unspecified atom stereocenters. The summed E-state index contributed by atoms with van der Waals surface area (Å²) in [6.07, 6.45) is 4.31. The van der Waals surface area contributed by atoms with Gasteiger partial charge in [-0.1, -0.05) is 13.0 Å². The molecule has 1 N–H and O–H groups in total. The lowest BCUT2D eigenvalue weighted by Gasteiger charge is -2.04. The first kappa shape index (κ1) is 13.4. The smallest absolute Gasteiger partial charge is 0.333 e. The summed E-state index contributed by atoms with van der Waals surface area (Å²) in [6, 6.07) is 1.96. The van der Waals surface area contributed by atoms with Crippen LogP contribution in [0.2, 0.25) is 0 Å². The van der Waals surface area contributed by atoms with Crippen LogP contribution < -0.4 is 5.32 Å². The van der Waals surface area contributed by atoms with Gasteiger partial charge in [-0.15, -0.1) is 0 Å². The Morgan fingerprint density at radius 3 is 2.94 bits per heavy atom. The van der Waals surface area contributed by atoms with Crippen LogP contribution in [0, 0.1) is 0 Å². The van der Waals surface area contributed by atoms with Crippen molar-refractivity contribution in [2.75, 3.05) is 13.7 Å². The molecule has 0 radical (unpaired) electrons. The number of carbonyl (C=O) groups excluding carboxylic acids is 1. The zero-order valence-corrected chi connectivity index (χ0v) is 10.6. The largest absolute Gasteiger partial charge is 0.466 e. The number of hydrogen-bond donors (Lipinski definition) is 1. The molecule has 5 nitrogen and oxygen atoms in total. The molecule has 0 saturated heterocycles. The Kier molecular flexibility index (Phi) is 5.42. The van der Waals surface area contributed by atoms with Crippen LogP contribution >= 0.6 is 0 Å². The van der Waals surface area contributed by atoms with E-state index in [0.29, 0.717) is 18.5 Å². The van der Waals surface area contributed by atoms with Gasteiger partial charge >= 0.3 is 5.97 Å². The minimum Gasteiger partial charge on any atom is -0.466 e. The average Bonchev–Trinajstić information content (AvgIpc) is 2.74. The molecule has 0 aromatic carbocycles. The second-order valence-electron chi connectivity index (χ2n) is 3.65. The van der Waals surface area contributed by atoms with Crippen LogP contribution in [0.1, 0.15) is 19.0 Å². The number of methoxy groups -OCH3 is 1. The van der Waals surface area contributed by atoms with Crippen molar-refractivity contribution in [2.45, 2.75) is 19.9 Å². The van der Waals surface area contributed by atoms with Crippen molar-refractivity contribution >= 4 is 5.97 Å². The molecule has 1 aromatic heterocycles. The molecule has 1 heterocycles. The summed E-state index contributed by atoms with van der Waals surface area (Å²) in [6.45, 7) is 3.30. The number of hydrogen-bond acceptors (Lipinski definition) is 4. The molecule has 94 valence electrons. The molecule has 0 amide bonds. The van der Waals surface area contributed by atoms with Crippen molar-refractivity contribution in [1.29, 1.82) is 0 Å². The fourth-order valence-corrected chi connectivity index (χ4v) is 1.47. The van der Waals surface area contributed by atoms with Crippen molar-refractivity contribution in [3.05, 3.63) is 29.6 Å². The Hall–Kier alpha value is -1.62. The number of carbonyl (C=O) groups is 1. The van der Waals surface area contributed by atoms with Gasteiger partial charge < -0.3 is 10.1 Å². The molecule has 0 fully saturated rings. The van der Waals surface area contributed by atoms with E-state index in [4.69, 9.17) is 0 Å². The predicted octanol–water partition coefficient (Wildman–Crippen LogP) is 1.02. The molecule has 0 bridgehead atoms. The Bertz CT molecular complexity index is 396. The normalized spacial score (nSPS) is 11.6. The van der Waals surface area contributed by atoms with Crippen LogP contribution in [0.25, 0.3) is 0 Å². The Labute approximate surface area is 101 Å². The molecule has 0 saturated carbocycles. The molecule has 0 aliphatic rings. The number of esters is 1. The molecule has 0 atom stereocenters. The molecule has 17 heavy (non-hydrogen) atoms. The van der Waals surface area contributed by atoms with Crippen molar-refractivity contribution in [1.82, 2.24) is 15.1 Å². The first-order valence-electron chi connectivity index (χ1n) is 5.64. The summed E-state index contributed by atoms with van der Waals surface area (Å²) in [5.41, 5.74) is 1.81. The lowest BCUT2D eigenvalue weighted by molar-refractivity contribution is -0.136. The van der Waals surface area contributed by atoms with Crippen LogP contribution in [0.4, 0.5) is 0 Å². The lowest BCUT2D eigenvalue weighted by atomic mass is 10.2. The van der Waals surface area contributed by atoms with Crippen LogP contribution in [0.5, 0.6) is 0 Å². The van der Waals surface area contributed by atoms with E-state index < -0.39 is 0 Å². The summed E-state index contributed by atoms with van der Waals surface area (Å²) in [5, 5.41) is 7.30. The second-order valence-corrected chi connectivity index (χ2v) is 3.65. The summed E-state index contributed by atoms with van der Waals surface area (Å²) in [7, 11) is 3.30. The van der Waals surface area contributed by atoms with Gasteiger partial charge in [-0.25, -0.2) is 4.79 Å². The van der Waals surface area contributed by atoms with E-state index in [-0.39, 0.29) is 5.97 Å². The zero-order valence-electron chi connectivity index (χ0n) is 10.6. The number of nitrogens with one attached hydrogen (secondary N) is 1. The number of aryl methyl sites for hydroxylation is 1. The van der Waals surface area contributed by atoms with Gasteiger partial charge in [0.15, 0.2) is 0 Å².